The van der Waals surface area contributed by atoms with Gasteiger partial charge in [-0.05, 0) is 38.0 Å². The first-order chi connectivity index (χ1) is 10.1. The predicted molar refractivity (Wildman–Crippen MR) is 86.0 cm³/mol. The molecule has 0 aliphatic rings. The van der Waals surface area contributed by atoms with Crippen LogP contribution in [-0.4, -0.2) is 45.8 Å². The van der Waals surface area contributed by atoms with E-state index in [-0.39, 0.29) is 19.1 Å². The lowest BCUT2D eigenvalue weighted by Crippen LogP contribution is -2.23. The van der Waals surface area contributed by atoms with Crippen molar-refractivity contribution >= 4 is 0 Å². The highest BCUT2D eigenvalue weighted by Gasteiger charge is 2.17. The number of allylic oxidation sites excluding steroid dienone is 1. The van der Waals surface area contributed by atoms with E-state index >= 15 is 0 Å². The van der Waals surface area contributed by atoms with Gasteiger partial charge in [0.1, 0.15) is 0 Å². The normalized spacial score (nSPS) is 15.6. The summed E-state index contributed by atoms with van der Waals surface area (Å²) in [5.41, 5.74) is 0. The topological polar surface area (TPSA) is 80.9 Å². The molecular formula is C17H34O4. The second-order valence-corrected chi connectivity index (χ2v) is 6.00. The maximum absolute atomic E-state index is 9.94. The van der Waals surface area contributed by atoms with Crippen molar-refractivity contribution in [2.45, 2.75) is 76.4 Å². The van der Waals surface area contributed by atoms with E-state index < -0.39 is 12.2 Å². The highest BCUT2D eigenvalue weighted by Crippen LogP contribution is 2.17. The second-order valence-electron chi connectivity index (χ2n) is 6.00. The van der Waals surface area contributed by atoms with Gasteiger partial charge in [-0.1, -0.05) is 38.2 Å². The smallest absolute Gasteiger partial charge is 0.0774 e. The Bertz CT molecular complexity index is 233. The number of aliphatic hydroxyl groups excluding tert-OH is 4. The maximum Gasteiger partial charge on any atom is 0.0774 e. The van der Waals surface area contributed by atoms with E-state index in [0.29, 0.717) is 12.8 Å². The molecule has 3 atom stereocenters. The van der Waals surface area contributed by atoms with E-state index in [4.69, 9.17) is 5.11 Å². The third-order valence-corrected chi connectivity index (χ3v) is 3.88. The SMILES string of the molecule is C=CCCCCCCCC[C@@H](O)C[C@@H](CO)C[C@H](O)CO. The summed E-state index contributed by atoms with van der Waals surface area (Å²) in [5, 5.41) is 37.3. The van der Waals surface area contributed by atoms with Crippen LogP contribution in [0.25, 0.3) is 0 Å². The molecule has 0 aromatic rings. The highest BCUT2D eigenvalue weighted by atomic mass is 16.3. The first kappa shape index (κ1) is 20.6. The molecule has 4 N–H and O–H groups in total. The van der Waals surface area contributed by atoms with Crippen LogP contribution in [-0.2, 0) is 0 Å². The van der Waals surface area contributed by atoms with Crippen LogP contribution in [0.2, 0.25) is 0 Å². The number of unbranched alkanes of at least 4 members (excludes halogenated alkanes) is 6. The molecule has 0 bridgehead atoms. The van der Waals surface area contributed by atoms with Gasteiger partial charge in [0.25, 0.3) is 0 Å². The third-order valence-electron chi connectivity index (χ3n) is 3.88. The molecule has 0 radical (unpaired) electrons. The van der Waals surface area contributed by atoms with Gasteiger partial charge in [-0.15, -0.1) is 6.58 Å². The molecule has 0 aromatic carbocycles. The summed E-state index contributed by atoms with van der Waals surface area (Å²) in [4.78, 5) is 0. The lowest BCUT2D eigenvalue weighted by atomic mass is 9.93. The Labute approximate surface area is 129 Å². The summed E-state index contributed by atoms with van der Waals surface area (Å²) in [5.74, 6) is -0.138. The minimum Gasteiger partial charge on any atom is -0.396 e. The summed E-state index contributed by atoms with van der Waals surface area (Å²) in [6, 6.07) is 0. The first-order valence-corrected chi connectivity index (χ1v) is 8.32. The van der Waals surface area contributed by atoms with Crippen molar-refractivity contribution in [2.24, 2.45) is 5.92 Å². The molecule has 0 aliphatic carbocycles. The molecule has 0 unspecified atom stereocenters. The van der Waals surface area contributed by atoms with Crippen LogP contribution in [0.15, 0.2) is 12.7 Å². The minimum absolute atomic E-state index is 0.0581. The zero-order valence-electron chi connectivity index (χ0n) is 13.3. The van der Waals surface area contributed by atoms with Crippen LogP contribution in [0, 0.1) is 5.92 Å². The molecule has 0 saturated heterocycles. The van der Waals surface area contributed by atoms with E-state index in [0.717, 1.165) is 25.7 Å². The first-order valence-electron chi connectivity index (χ1n) is 8.32. The monoisotopic (exact) mass is 302 g/mol. The Morgan fingerprint density at radius 2 is 1.33 bits per heavy atom. The Morgan fingerprint density at radius 3 is 1.90 bits per heavy atom. The van der Waals surface area contributed by atoms with Gasteiger partial charge in [0.15, 0.2) is 0 Å². The third kappa shape index (κ3) is 13.0. The van der Waals surface area contributed by atoms with E-state index in [1.54, 1.807) is 0 Å². The Morgan fingerprint density at radius 1 is 0.762 bits per heavy atom. The van der Waals surface area contributed by atoms with Crippen LogP contribution in [0.1, 0.15) is 64.2 Å². The fourth-order valence-corrected chi connectivity index (χ4v) is 2.58. The van der Waals surface area contributed by atoms with Crippen molar-refractivity contribution in [1.82, 2.24) is 0 Å². The average Bonchev–Trinajstić information content (AvgIpc) is 2.49. The fourth-order valence-electron chi connectivity index (χ4n) is 2.58. The molecule has 0 fully saturated rings. The van der Waals surface area contributed by atoms with E-state index in [9.17, 15) is 15.3 Å². The van der Waals surface area contributed by atoms with E-state index in [1.165, 1.54) is 25.7 Å². The van der Waals surface area contributed by atoms with Crippen LogP contribution < -0.4 is 0 Å². The molecule has 0 spiro atoms. The van der Waals surface area contributed by atoms with Crippen LogP contribution in [0.5, 0.6) is 0 Å². The van der Waals surface area contributed by atoms with Crippen molar-refractivity contribution < 1.29 is 20.4 Å². The van der Waals surface area contributed by atoms with Gasteiger partial charge in [-0.3, -0.25) is 0 Å². The van der Waals surface area contributed by atoms with Gasteiger partial charge in [0.05, 0.1) is 18.8 Å². The van der Waals surface area contributed by atoms with Gasteiger partial charge in [0, 0.05) is 6.61 Å². The number of hydrogen-bond acceptors (Lipinski definition) is 4. The zero-order valence-corrected chi connectivity index (χ0v) is 13.3. The Kier molecular flexibility index (Phi) is 14.2. The van der Waals surface area contributed by atoms with Crippen molar-refractivity contribution in [3.05, 3.63) is 12.7 Å². The summed E-state index contributed by atoms with van der Waals surface area (Å²) in [6.45, 7) is 3.35. The molecule has 21 heavy (non-hydrogen) atoms. The quantitative estimate of drug-likeness (QED) is 0.277. The van der Waals surface area contributed by atoms with Crippen molar-refractivity contribution in [3.8, 4) is 0 Å². The summed E-state index contributed by atoms with van der Waals surface area (Å²) < 4.78 is 0. The van der Waals surface area contributed by atoms with Gasteiger partial charge < -0.3 is 20.4 Å². The Hall–Kier alpha value is -0.420. The van der Waals surface area contributed by atoms with E-state index in [1.807, 2.05) is 6.08 Å². The number of aliphatic hydroxyl groups is 4. The van der Waals surface area contributed by atoms with Crippen molar-refractivity contribution in [1.29, 1.82) is 0 Å². The predicted octanol–water partition coefficient (Wildman–Crippen LogP) is 2.40. The molecular weight excluding hydrogens is 268 g/mol. The molecule has 0 aliphatic heterocycles. The van der Waals surface area contributed by atoms with Crippen LogP contribution in [0.3, 0.4) is 0 Å². The van der Waals surface area contributed by atoms with Crippen LogP contribution >= 0.6 is 0 Å². The lowest BCUT2D eigenvalue weighted by molar-refractivity contribution is 0.0430. The molecule has 0 rings (SSSR count). The van der Waals surface area contributed by atoms with Crippen molar-refractivity contribution in [3.63, 3.8) is 0 Å². The zero-order chi connectivity index (χ0) is 15.9. The molecule has 4 heteroatoms. The van der Waals surface area contributed by atoms with Crippen molar-refractivity contribution in [2.75, 3.05) is 13.2 Å². The summed E-state index contributed by atoms with van der Waals surface area (Å²) in [7, 11) is 0. The van der Waals surface area contributed by atoms with Gasteiger partial charge >= 0.3 is 0 Å². The molecule has 0 amide bonds. The maximum atomic E-state index is 9.94. The van der Waals surface area contributed by atoms with Crippen LogP contribution in [0.4, 0.5) is 0 Å². The fraction of sp³-hybridized carbons (Fsp3) is 0.882. The molecule has 126 valence electrons. The number of rotatable bonds is 15. The molecule has 4 nitrogen and oxygen atoms in total. The largest absolute Gasteiger partial charge is 0.396 e. The van der Waals surface area contributed by atoms with Gasteiger partial charge in [-0.25, -0.2) is 0 Å². The molecule has 0 heterocycles. The standard InChI is InChI=1S/C17H34O4/c1-2-3-4-5-6-7-8-9-10-16(20)11-15(13-18)12-17(21)14-19/h2,15-21H,1,3-14H2/t15-,16-,17+/m1/s1. The second kappa shape index (κ2) is 14.5. The molecule has 0 saturated carbocycles. The van der Waals surface area contributed by atoms with Gasteiger partial charge in [-0.2, -0.15) is 0 Å². The summed E-state index contributed by atoms with van der Waals surface area (Å²) in [6.07, 6.45) is 10.5. The lowest BCUT2D eigenvalue weighted by Gasteiger charge is -2.20. The Balaban J connectivity index is 3.55. The highest BCUT2D eigenvalue weighted by molar-refractivity contribution is 4.69. The average molecular weight is 302 g/mol. The number of hydrogen-bond donors (Lipinski definition) is 4. The van der Waals surface area contributed by atoms with E-state index in [2.05, 4.69) is 6.58 Å². The molecule has 0 aromatic heterocycles. The summed E-state index contributed by atoms with van der Waals surface area (Å²) >= 11 is 0. The minimum atomic E-state index is -0.801. The van der Waals surface area contributed by atoms with Gasteiger partial charge in [0.2, 0.25) is 0 Å².